The number of H-pyrrole nitrogens is 1. The predicted molar refractivity (Wildman–Crippen MR) is 88.1 cm³/mol. The zero-order chi connectivity index (χ0) is 16.9. The molecule has 3 N–H and O–H groups in total. The summed E-state index contributed by atoms with van der Waals surface area (Å²) >= 11 is 0. The van der Waals surface area contributed by atoms with Crippen molar-refractivity contribution in [3.63, 3.8) is 0 Å². The average molecular weight is 322 g/mol. The first kappa shape index (κ1) is 17.1. The van der Waals surface area contributed by atoms with E-state index in [1.807, 2.05) is 26.8 Å². The number of amides is 1. The van der Waals surface area contributed by atoms with Gasteiger partial charge in [-0.3, -0.25) is 10.1 Å². The number of aromatic amines is 1. The number of hydrogen-bond acceptors (Lipinski definition) is 4. The van der Waals surface area contributed by atoms with Gasteiger partial charge in [0.25, 0.3) is 0 Å². The molecule has 1 atom stereocenters. The Labute approximate surface area is 136 Å². The number of likely N-dealkylation sites (tertiary alicyclic amines) is 1. The maximum atomic E-state index is 11.8. The molecule has 2 heterocycles. The highest BCUT2D eigenvalue weighted by molar-refractivity contribution is 5.80. The van der Waals surface area contributed by atoms with Gasteiger partial charge in [0.15, 0.2) is 5.96 Å². The summed E-state index contributed by atoms with van der Waals surface area (Å²) in [5.74, 6) is 0.813. The fraction of sp³-hybridized carbons (Fsp3) is 0.667. The number of nitrogens with zero attached hydrogens (tertiary/aromatic N) is 3. The van der Waals surface area contributed by atoms with Crippen LogP contribution >= 0.6 is 0 Å². The molecule has 2 rings (SSSR count). The van der Waals surface area contributed by atoms with Crippen molar-refractivity contribution in [1.82, 2.24) is 25.7 Å². The molecule has 0 spiro atoms. The van der Waals surface area contributed by atoms with E-state index in [-0.39, 0.29) is 12.1 Å². The van der Waals surface area contributed by atoms with Crippen LogP contribution in [-0.4, -0.2) is 58.9 Å². The lowest BCUT2D eigenvalue weighted by molar-refractivity contribution is 0.0507. The van der Waals surface area contributed by atoms with Crippen LogP contribution in [0.4, 0.5) is 4.79 Å². The van der Waals surface area contributed by atoms with Gasteiger partial charge in [-0.25, -0.2) is 4.79 Å². The van der Waals surface area contributed by atoms with Gasteiger partial charge in [0.2, 0.25) is 0 Å². The van der Waals surface area contributed by atoms with Crippen molar-refractivity contribution < 1.29 is 9.53 Å². The fourth-order valence-electron chi connectivity index (χ4n) is 2.43. The zero-order valence-electron chi connectivity index (χ0n) is 14.2. The minimum Gasteiger partial charge on any atom is -0.444 e. The fourth-order valence-corrected chi connectivity index (χ4v) is 2.43. The summed E-state index contributed by atoms with van der Waals surface area (Å²) in [5, 5.41) is 13.0. The molecule has 0 bridgehead atoms. The van der Waals surface area contributed by atoms with Gasteiger partial charge in [-0.15, -0.1) is 0 Å². The van der Waals surface area contributed by atoms with E-state index < -0.39 is 5.60 Å². The molecule has 0 aromatic carbocycles. The molecule has 1 saturated heterocycles. The lowest BCUT2D eigenvalue weighted by Gasteiger charge is -2.23. The van der Waals surface area contributed by atoms with Gasteiger partial charge in [-0.1, -0.05) is 0 Å². The Morgan fingerprint density at radius 3 is 2.96 bits per heavy atom. The van der Waals surface area contributed by atoms with E-state index in [9.17, 15) is 4.79 Å². The van der Waals surface area contributed by atoms with Crippen molar-refractivity contribution in [3.05, 3.63) is 18.0 Å². The third-order valence-electron chi connectivity index (χ3n) is 3.42. The first-order valence-electron chi connectivity index (χ1n) is 7.81. The van der Waals surface area contributed by atoms with Crippen LogP contribution in [0.5, 0.6) is 0 Å². The van der Waals surface area contributed by atoms with Crippen LogP contribution in [0.2, 0.25) is 0 Å². The Morgan fingerprint density at radius 1 is 1.57 bits per heavy atom. The summed E-state index contributed by atoms with van der Waals surface area (Å²) in [5.41, 5.74) is 0.512. The number of alkyl carbamates (subject to hydrolysis) is 1. The number of aromatic nitrogens is 2. The van der Waals surface area contributed by atoms with Gasteiger partial charge in [-0.2, -0.15) is 5.10 Å². The molecule has 8 heteroatoms. The summed E-state index contributed by atoms with van der Waals surface area (Å²) in [6.07, 6.45) is 2.21. The number of nitrogens with one attached hydrogen (secondary N) is 3. The molecule has 1 amide bonds. The smallest absolute Gasteiger partial charge is 0.407 e. The molecule has 0 aliphatic carbocycles. The number of rotatable bonds is 3. The Morgan fingerprint density at radius 2 is 2.35 bits per heavy atom. The molecule has 8 nitrogen and oxygen atoms in total. The second kappa shape index (κ2) is 7.34. The summed E-state index contributed by atoms with van der Waals surface area (Å²) in [4.78, 5) is 18.3. The molecule has 23 heavy (non-hydrogen) atoms. The van der Waals surface area contributed by atoms with Crippen LogP contribution in [0.3, 0.4) is 0 Å². The minimum atomic E-state index is -0.482. The predicted octanol–water partition coefficient (Wildman–Crippen LogP) is 1.08. The van der Waals surface area contributed by atoms with Gasteiger partial charge >= 0.3 is 6.09 Å². The van der Waals surface area contributed by atoms with Gasteiger partial charge in [0, 0.05) is 26.3 Å². The molecule has 1 unspecified atom stereocenters. The first-order valence-corrected chi connectivity index (χ1v) is 7.81. The van der Waals surface area contributed by atoms with E-state index in [1.54, 1.807) is 13.2 Å². The third-order valence-corrected chi connectivity index (χ3v) is 3.42. The average Bonchev–Trinajstić information content (AvgIpc) is 3.09. The number of carbonyl (C=O) groups is 1. The molecule has 128 valence electrons. The van der Waals surface area contributed by atoms with Gasteiger partial charge < -0.3 is 20.3 Å². The van der Waals surface area contributed by atoms with Crippen LogP contribution < -0.4 is 10.6 Å². The van der Waals surface area contributed by atoms with E-state index >= 15 is 0 Å². The molecule has 1 aromatic rings. The number of aliphatic imine (C=N–C) groups is 1. The first-order chi connectivity index (χ1) is 10.9. The highest BCUT2D eigenvalue weighted by Crippen LogP contribution is 2.12. The number of ether oxygens (including phenoxy) is 1. The lowest BCUT2D eigenvalue weighted by Crippen LogP contribution is -2.44. The van der Waals surface area contributed by atoms with Crippen molar-refractivity contribution in [1.29, 1.82) is 0 Å². The third kappa shape index (κ3) is 5.46. The van der Waals surface area contributed by atoms with Crippen molar-refractivity contribution in [2.75, 3.05) is 20.1 Å². The van der Waals surface area contributed by atoms with E-state index in [4.69, 9.17) is 4.74 Å². The molecular formula is C15H26N6O2. The highest BCUT2D eigenvalue weighted by atomic mass is 16.6. The molecule has 1 aromatic heterocycles. The van der Waals surface area contributed by atoms with E-state index in [1.165, 1.54) is 0 Å². The number of carbonyl (C=O) groups excluding carboxylic acids is 1. The SMILES string of the molecule is CN=C(NCc1ccn[nH]1)N1CCC(NC(=O)OC(C)(C)C)C1. The standard InChI is InChI=1S/C15H26N6O2/c1-15(2,3)23-14(22)19-12-6-8-21(10-12)13(16-4)17-9-11-5-7-18-20-11/h5,7,12H,6,8-10H2,1-4H3,(H,16,17)(H,18,20)(H,19,22). The summed E-state index contributed by atoms with van der Waals surface area (Å²) in [7, 11) is 1.75. The Kier molecular flexibility index (Phi) is 5.46. The Balaban J connectivity index is 1.79. The zero-order valence-corrected chi connectivity index (χ0v) is 14.2. The number of guanidine groups is 1. The van der Waals surface area contributed by atoms with Gasteiger partial charge in [-0.05, 0) is 33.3 Å². The molecule has 1 fully saturated rings. The van der Waals surface area contributed by atoms with Crippen LogP contribution in [0, 0.1) is 0 Å². The summed E-state index contributed by atoms with van der Waals surface area (Å²) in [6.45, 7) is 7.75. The Hall–Kier alpha value is -2.25. The van der Waals surface area contributed by atoms with Crippen LogP contribution in [0.25, 0.3) is 0 Å². The number of hydrogen-bond donors (Lipinski definition) is 3. The van der Waals surface area contributed by atoms with Crippen molar-refractivity contribution >= 4 is 12.1 Å². The maximum Gasteiger partial charge on any atom is 0.407 e. The van der Waals surface area contributed by atoms with E-state index in [0.29, 0.717) is 13.1 Å². The van der Waals surface area contributed by atoms with Crippen molar-refractivity contribution in [2.45, 2.75) is 45.4 Å². The monoisotopic (exact) mass is 322 g/mol. The normalized spacial score (nSPS) is 18.9. The van der Waals surface area contributed by atoms with E-state index in [2.05, 4.69) is 30.7 Å². The molecule has 0 radical (unpaired) electrons. The van der Waals surface area contributed by atoms with Crippen molar-refractivity contribution in [2.24, 2.45) is 4.99 Å². The van der Waals surface area contributed by atoms with Crippen LogP contribution in [0.15, 0.2) is 17.3 Å². The van der Waals surface area contributed by atoms with Gasteiger partial charge in [0.1, 0.15) is 5.60 Å². The van der Waals surface area contributed by atoms with Gasteiger partial charge in [0.05, 0.1) is 18.3 Å². The molecular weight excluding hydrogens is 296 g/mol. The quantitative estimate of drug-likeness (QED) is 0.572. The molecule has 1 aliphatic heterocycles. The Bertz CT molecular complexity index is 535. The summed E-state index contributed by atoms with van der Waals surface area (Å²) in [6, 6.07) is 1.98. The van der Waals surface area contributed by atoms with Crippen LogP contribution in [-0.2, 0) is 11.3 Å². The van der Waals surface area contributed by atoms with E-state index in [0.717, 1.165) is 24.6 Å². The molecule has 0 saturated carbocycles. The second-order valence-corrected chi connectivity index (χ2v) is 6.56. The maximum absolute atomic E-state index is 11.8. The van der Waals surface area contributed by atoms with Crippen LogP contribution in [0.1, 0.15) is 32.9 Å². The minimum absolute atomic E-state index is 0.0653. The highest BCUT2D eigenvalue weighted by Gasteiger charge is 2.27. The lowest BCUT2D eigenvalue weighted by atomic mass is 10.2. The summed E-state index contributed by atoms with van der Waals surface area (Å²) < 4.78 is 5.29. The van der Waals surface area contributed by atoms with Crippen molar-refractivity contribution in [3.8, 4) is 0 Å². The molecule has 1 aliphatic rings. The second-order valence-electron chi connectivity index (χ2n) is 6.56. The largest absolute Gasteiger partial charge is 0.444 e. The topological polar surface area (TPSA) is 94.6 Å².